The Hall–Kier alpha value is -2.28. The van der Waals surface area contributed by atoms with Gasteiger partial charge in [-0.25, -0.2) is 4.98 Å². The summed E-state index contributed by atoms with van der Waals surface area (Å²) in [6.07, 6.45) is 6.22. The van der Waals surface area contributed by atoms with E-state index in [1.54, 1.807) is 28.4 Å². The number of thiophene rings is 1. The van der Waals surface area contributed by atoms with Crippen molar-refractivity contribution in [2.24, 2.45) is 0 Å². The first-order chi connectivity index (χ1) is 10.3. The maximum absolute atomic E-state index is 4.53. The maximum atomic E-state index is 4.53. The SMILES string of the molecule is CCCNc1nc(-c2csc(C)c2)nc(-n2ccnc2)n1. The quantitative estimate of drug-likeness (QED) is 0.784. The summed E-state index contributed by atoms with van der Waals surface area (Å²) in [5.41, 5.74) is 1.01. The van der Waals surface area contributed by atoms with E-state index in [-0.39, 0.29) is 0 Å². The monoisotopic (exact) mass is 300 g/mol. The van der Waals surface area contributed by atoms with E-state index in [9.17, 15) is 0 Å². The molecule has 7 heteroatoms. The van der Waals surface area contributed by atoms with Crippen molar-refractivity contribution >= 4 is 17.3 Å². The van der Waals surface area contributed by atoms with Crippen LogP contribution < -0.4 is 5.32 Å². The number of aryl methyl sites for hydroxylation is 1. The molecule has 0 atom stereocenters. The van der Waals surface area contributed by atoms with Crippen molar-refractivity contribution in [1.82, 2.24) is 24.5 Å². The highest BCUT2D eigenvalue weighted by molar-refractivity contribution is 7.10. The van der Waals surface area contributed by atoms with Crippen LogP contribution in [-0.2, 0) is 0 Å². The maximum Gasteiger partial charge on any atom is 0.240 e. The van der Waals surface area contributed by atoms with E-state index in [4.69, 9.17) is 0 Å². The van der Waals surface area contributed by atoms with Gasteiger partial charge in [-0.05, 0) is 19.4 Å². The van der Waals surface area contributed by atoms with E-state index in [0.29, 0.717) is 17.7 Å². The highest BCUT2D eigenvalue weighted by Crippen LogP contribution is 2.23. The van der Waals surface area contributed by atoms with Crippen molar-refractivity contribution in [3.8, 4) is 17.3 Å². The van der Waals surface area contributed by atoms with Crippen LogP contribution in [-0.4, -0.2) is 31.0 Å². The van der Waals surface area contributed by atoms with Crippen LogP contribution in [0.15, 0.2) is 30.2 Å². The highest BCUT2D eigenvalue weighted by Gasteiger charge is 2.10. The molecule has 108 valence electrons. The minimum atomic E-state index is 0.569. The average Bonchev–Trinajstić information content (AvgIpc) is 3.16. The van der Waals surface area contributed by atoms with Gasteiger partial charge in [0.05, 0.1) is 0 Å². The third-order valence-electron chi connectivity index (χ3n) is 2.88. The fraction of sp³-hybridized carbons (Fsp3) is 0.286. The average molecular weight is 300 g/mol. The Morgan fingerprint density at radius 2 is 2.19 bits per heavy atom. The Morgan fingerprint density at radius 1 is 1.29 bits per heavy atom. The molecule has 6 nitrogen and oxygen atoms in total. The van der Waals surface area contributed by atoms with Crippen molar-refractivity contribution in [1.29, 1.82) is 0 Å². The first-order valence-electron chi connectivity index (χ1n) is 6.80. The molecule has 0 saturated carbocycles. The standard InChI is InChI=1S/C14H16N6S/c1-3-4-16-13-17-12(11-7-10(2)21-8-11)18-14(19-13)20-6-5-15-9-20/h5-9H,3-4H2,1-2H3,(H,16,17,18,19). The Balaban J connectivity index is 2.04. The summed E-state index contributed by atoms with van der Waals surface area (Å²) in [7, 11) is 0. The number of nitrogens with one attached hydrogen (secondary N) is 1. The predicted octanol–water partition coefficient (Wildman–Crippen LogP) is 2.92. The minimum Gasteiger partial charge on any atom is -0.354 e. The second kappa shape index (κ2) is 6.01. The lowest BCUT2D eigenvalue weighted by Crippen LogP contribution is -2.09. The lowest BCUT2D eigenvalue weighted by molar-refractivity contribution is 0.883. The zero-order valence-electron chi connectivity index (χ0n) is 11.9. The fourth-order valence-corrected chi connectivity index (χ4v) is 2.54. The lowest BCUT2D eigenvalue weighted by Gasteiger charge is -2.07. The van der Waals surface area contributed by atoms with E-state index in [2.05, 4.69) is 50.5 Å². The van der Waals surface area contributed by atoms with E-state index in [0.717, 1.165) is 18.5 Å². The van der Waals surface area contributed by atoms with Gasteiger partial charge in [0, 0.05) is 34.8 Å². The Kier molecular flexibility index (Phi) is 3.92. The Labute approximate surface area is 126 Å². The second-order valence-electron chi connectivity index (χ2n) is 4.63. The number of hydrogen-bond donors (Lipinski definition) is 1. The first kappa shape index (κ1) is 13.7. The third kappa shape index (κ3) is 3.08. The van der Waals surface area contributed by atoms with Gasteiger partial charge in [0.2, 0.25) is 11.9 Å². The Morgan fingerprint density at radius 3 is 2.86 bits per heavy atom. The molecule has 0 aliphatic carbocycles. The van der Waals surface area contributed by atoms with Gasteiger partial charge >= 0.3 is 0 Å². The van der Waals surface area contributed by atoms with Crippen LogP contribution in [0.3, 0.4) is 0 Å². The smallest absolute Gasteiger partial charge is 0.240 e. The molecule has 0 aliphatic heterocycles. The van der Waals surface area contributed by atoms with E-state index in [1.165, 1.54) is 4.88 Å². The second-order valence-corrected chi connectivity index (χ2v) is 5.74. The molecule has 0 unspecified atom stereocenters. The summed E-state index contributed by atoms with van der Waals surface area (Å²) in [5.74, 6) is 1.84. The van der Waals surface area contributed by atoms with Crippen LogP contribution in [0, 0.1) is 6.92 Å². The number of nitrogens with zero attached hydrogens (tertiary/aromatic N) is 5. The molecule has 0 bridgehead atoms. The molecule has 3 rings (SSSR count). The van der Waals surface area contributed by atoms with Crippen LogP contribution in [0.5, 0.6) is 0 Å². The van der Waals surface area contributed by atoms with Gasteiger partial charge in [0.1, 0.15) is 6.33 Å². The van der Waals surface area contributed by atoms with E-state index >= 15 is 0 Å². The normalized spacial score (nSPS) is 10.8. The van der Waals surface area contributed by atoms with Crippen molar-refractivity contribution in [2.75, 3.05) is 11.9 Å². The molecule has 0 aliphatic rings. The largest absolute Gasteiger partial charge is 0.354 e. The summed E-state index contributed by atoms with van der Waals surface area (Å²) in [6.45, 7) is 5.01. The molecule has 0 spiro atoms. The van der Waals surface area contributed by atoms with E-state index < -0.39 is 0 Å². The number of anilines is 1. The summed E-state index contributed by atoms with van der Waals surface area (Å²) in [6, 6.07) is 2.08. The van der Waals surface area contributed by atoms with Crippen LogP contribution in [0.1, 0.15) is 18.2 Å². The van der Waals surface area contributed by atoms with Gasteiger partial charge in [0.25, 0.3) is 0 Å². The van der Waals surface area contributed by atoms with E-state index in [1.807, 2.05) is 6.20 Å². The number of rotatable bonds is 5. The molecule has 1 N–H and O–H groups in total. The molecule has 0 fully saturated rings. The van der Waals surface area contributed by atoms with Crippen LogP contribution in [0.4, 0.5) is 5.95 Å². The van der Waals surface area contributed by atoms with Crippen LogP contribution in [0.25, 0.3) is 17.3 Å². The van der Waals surface area contributed by atoms with Gasteiger partial charge in [-0.2, -0.15) is 15.0 Å². The van der Waals surface area contributed by atoms with Crippen molar-refractivity contribution < 1.29 is 0 Å². The predicted molar refractivity (Wildman–Crippen MR) is 83.8 cm³/mol. The molecule has 3 aromatic heterocycles. The zero-order chi connectivity index (χ0) is 14.7. The van der Waals surface area contributed by atoms with Gasteiger partial charge in [-0.3, -0.25) is 4.57 Å². The highest BCUT2D eigenvalue weighted by atomic mass is 32.1. The first-order valence-corrected chi connectivity index (χ1v) is 7.68. The van der Waals surface area contributed by atoms with Gasteiger partial charge in [-0.1, -0.05) is 6.92 Å². The van der Waals surface area contributed by atoms with Gasteiger partial charge in [-0.15, -0.1) is 11.3 Å². The van der Waals surface area contributed by atoms with Gasteiger partial charge < -0.3 is 5.32 Å². The summed E-state index contributed by atoms with van der Waals surface area (Å²) >= 11 is 1.69. The Bertz CT molecular complexity index is 719. The summed E-state index contributed by atoms with van der Waals surface area (Å²) < 4.78 is 1.78. The molecule has 0 saturated heterocycles. The molecule has 21 heavy (non-hydrogen) atoms. The topological polar surface area (TPSA) is 68.5 Å². The molecule has 3 heterocycles. The minimum absolute atomic E-state index is 0.569. The lowest BCUT2D eigenvalue weighted by atomic mass is 10.3. The summed E-state index contributed by atoms with van der Waals surface area (Å²) in [5, 5.41) is 5.28. The summed E-state index contributed by atoms with van der Waals surface area (Å²) in [4.78, 5) is 18.8. The zero-order valence-corrected chi connectivity index (χ0v) is 12.8. The molecule has 3 aromatic rings. The third-order valence-corrected chi connectivity index (χ3v) is 3.74. The molecular formula is C14H16N6S. The fourth-order valence-electron chi connectivity index (χ4n) is 1.86. The molecule has 0 radical (unpaired) electrons. The van der Waals surface area contributed by atoms with Crippen LogP contribution in [0.2, 0.25) is 0 Å². The number of aromatic nitrogens is 5. The number of imidazole rings is 1. The number of hydrogen-bond acceptors (Lipinski definition) is 6. The van der Waals surface area contributed by atoms with Crippen molar-refractivity contribution in [3.05, 3.63) is 35.0 Å². The molecule has 0 aromatic carbocycles. The molecule has 0 amide bonds. The molecular weight excluding hydrogens is 284 g/mol. The van der Waals surface area contributed by atoms with Crippen LogP contribution >= 0.6 is 11.3 Å². The van der Waals surface area contributed by atoms with Crippen molar-refractivity contribution in [2.45, 2.75) is 20.3 Å². The van der Waals surface area contributed by atoms with Gasteiger partial charge in [0.15, 0.2) is 5.82 Å². The van der Waals surface area contributed by atoms with Crippen molar-refractivity contribution in [3.63, 3.8) is 0 Å².